The summed E-state index contributed by atoms with van der Waals surface area (Å²) in [5.41, 5.74) is 3.76. The summed E-state index contributed by atoms with van der Waals surface area (Å²) in [7, 11) is 0. The minimum Gasteiger partial charge on any atom is -0.350 e. The number of fused-ring (bicyclic) bond motifs is 1. The predicted molar refractivity (Wildman–Crippen MR) is 98.2 cm³/mol. The van der Waals surface area contributed by atoms with Crippen LogP contribution in [0.3, 0.4) is 0 Å². The molecular weight excluding hydrogens is 334 g/mol. The van der Waals surface area contributed by atoms with Crippen LogP contribution in [0.2, 0.25) is 0 Å². The standard InChI is InChI=1S/C18H17N5OS/c1-12(23-11-20-14-5-2-3-6-15(14)23)18(24)19-9-13-10-21-22-17(13)16-7-4-8-25-16/h2-8,10-12H,9H2,1H3,(H,19,24)(H,21,22)/t12-/m0/s1. The van der Waals surface area contributed by atoms with E-state index in [1.54, 1.807) is 23.9 Å². The number of aromatic nitrogens is 4. The molecule has 0 spiro atoms. The van der Waals surface area contributed by atoms with E-state index < -0.39 is 0 Å². The number of H-pyrrole nitrogens is 1. The van der Waals surface area contributed by atoms with E-state index in [1.165, 1.54) is 0 Å². The number of amides is 1. The van der Waals surface area contributed by atoms with Gasteiger partial charge in [0.1, 0.15) is 6.04 Å². The molecule has 1 amide bonds. The highest BCUT2D eigenvalue weighted by molar-refractivity contribution is 7.13. The van der Waals surface area contributed by atoms with Crippen molar-refractivity contribution in [2.45, 2.75) is 19.5 Å². The molecule has 0 saturated carbocycles. The largest absolute Gasteiger partial charge is 0.350 e. The zero-order valence-electron chi connectivity index (χ0n) is 13.6. The van der Waals surface area contributed by atoms with Gasteiger partial charge < -0.3 is 9.88 Å². The maximum atomic E-state index is 12.6. The zero-order valence-corrected chi connectivity index (χ0v) is 14.5. The van der Waals surface area contributed by atoms with E-state index in [0.29, 0.717) is 6.54 Å². The molecule has 0 aliphatic heterocycles. The summed E-state index contributed by atoms with van der Waals surface area (Å²) in [5, 5.41) is 12.1. The summed E-state index contributed by atoms with van der Waals surface area (Å²) in [6.45, 7) is 2.30. The van der Waals surface area contributed by atoms with Crippen molar-refractivity contribution in [3.8, 4) is 10.6 Å². The van der Waals surface area contributed by atoms with Crippen molar-refractivity contribution in [2.24, 2.45) is 0 Å². The minimum absolute atomic E-state index is 0.0542. The summed E-state index contributed by atoms with van der Waals surface area (Å²) in [6, 6.07) is 11.5. The van der Waals surface area contributed by atoms with Crippen molar-refractivity contribution in [3.05, 3.63) is 59.9 Å². The van der Waals surface area contributed by atoms with Gasteiger partial charge in [0, 0.05) is 12.1 Å². The van der Waals surface area contributed by atoms with Crippen LogP contribution in [0, 0.1) is 0 Å². The van der Waals surface area contributed by atoms with Gasteiger partial charge in [-0.2, -0.15) is 5.10 Å². The Hall–Kier alpha value is -2.93. The Morgan fingerprint density at radius 3 is 3.04 bits per heavy atom. The Kier molecular flexibility index (Phi) is 4.07. The van der Waals surface area contributed by atoms with E-state index in [4.69, 9.17) is 0 Å². The van der Waals surface area contributed by atoms with E-state index >= 15 is 0 Å². The van der Waals surface area contributed by atoms with Crippen LogP contribution < -0.4 is 5.32 Å². The molecule has 4 aromatic rings. The second-order valence-electron chi connectivity index (χ2n) is 5.78. The molecular formula is C18H17N5OS. The van der Waals surface area contributed by atoms with Crippen molar-refractivity contribution in [3.63, 3.8) is 0 Å². The van der Waals surface area contributed by atoms with Gasteiger partial charge in [-0.3, -0.25) is 9.89 Å². The summed E-state index contributed by atoms with van der Waals surface area (Å²) in [5.74, 6) is -0.0542. The van der Waals surface area contributed by atoms with E-state index in [0.717, 1.165) is 27.2 Å². The van der Waals surface area contributed by atoms with Gasteiger partial charge in [-0.05, 0) is 30.5 Å². The number of hydrogen-bond donors (Lipinski definition) is 2. The second kappa shape index (κ2) is 6.52. The highest BCUT2D eigenvalue weighted by Crippen LogP contribution is 2.25. The first-order valence-corrected chi connectivity index (χ1v) is 8.87. The molecule has 0 bridgehead atoms. The van der Waals surface area contributed by atoms with Crippen LogP contribution in [0.15, 0.2) is 54.3 Å². The first-order chi connectivity index (χ1) is 12.2. The number of carbonyl (C=O) groups excluding carboxylic acids is 1. The first kappa shape index (κ1) is 15.6. The molecule has 3 heterocycles. The lowest BCUT2D eigenvalue weighted by Crippen LogP contribution is -2.30. The number of imidazole rings is 1. The van der Waals surface area contributed by atoms with Crippen molar-refractivity contribution in [2.75, 3.05) is 0 Å². The zero-order chi connectivity index (χ0) is 17.2. The van der Waals surface area contributed by atoms with E-state index in [9.17, 15) is 4.79 Å². The number of aromatic amines is 1. The predicted octanol–water partition coefficient (Wildman–Crippen LogP) is 3.37. The van der Waals surface area contributed by atoms with E-state index in [1.807, 2.05) is 53.3 Å². The Morgan fingerprint density at radius 2 is 2.20 bits per heavy atom. The average molecular weight is 351 g/mol. The monoisotopic (exact) mass is 351 g/mol. The molecule has 25 heavy (non-hydrogen) atoms. The van der Waals surface area contributed by atoms with Gasteiger partial charge in [0.05, 0.1) is 34.1 Å². The molecule has 0 fully saturated rings. The number of hydrogen-bond acceptors (Lipinski definition) is 4. The Bertz CT molecular complexity index is 1000. The molecule has 0 aliphatic rings. The van der Waals surface area contributed by atoms with Gasteiger partial charge in [-0.15, -0.1) is 11.3 Å². The van der Waals surface area contributed by atoms with Crippen LogP contribution in [0.25, 0.3) is 21.6 Å². The summed E-state index contributed by atoms with van der Waals surface area (Å²) in [6.07, 6.45) is 3.47. The topological polar surface area (TPSA) is 75.6 Å². The number of nitrogens with zero attached hydrogens (tertiary/aromatic N) is 3. The molecule has 0 saturated heterocycles. The summed E-state index contributed by atoms with van der Waals surface area (Å²) in [4.78, 5) is 18.0. The summed E-state index contributed by atoms with van der Waals surface area (Å²) >= 11 is 1.64. The van der Waals surface area contributed by atoms with Gasteiger partial charge in [0.25, 0.3) is 0 Å². The molecule has 4 rings (SSSR count). The third-order valence-corrected chi connectivity index (χ3v) is 5.10. The molecule has 0 unspecified atom stereocenters. The van der Waals surface area contributed by atoms with E-state index in [-0.39, 0.29) is 11.9 Å². The van der Waals surface area contributed by atoms with Gasteiger partial charge in [0.2, 0.25) is 5.91 Å². The Labute approximate surface area is 148 Å². The van der Waals surface area contributed by atoms with Crippen molar-refractivity contribution in [1.29, 1.82) is 0 Å². The van der Waals surface area contributed by atoms with Crippen molar-refractivity contribution >= 4 is 28.3 Å². The van der Waals surface area contributed by atoms with Gasteiger partial charge in [-0.1, -0.05) is 18.2 Å². The molecule has 6 nitrogen and oxygen atoms in total. The third kappa shape index (κ3) is 2.94. The maximum Gasteiger partial charge on any atom is 0.243 e. The number of para-hydroxylation sites is 2. The van der Waals surface area contributed by atoms with Gasteiger partial charge in [0.15, 0.2) is 0 Å². The third-order valence-electron chi connectivity index (χ3n) is 4.22. The van der Waals surface area contributed by atoms with Crippen molar-refractivity contribution in [1.82, 2.24) is 25.1 Å². The molecule has 7 heteroatoms. The van der Waals surface area contributed by atoms with Crippen molar-refractivity contribution < 1.29 is 4.79 Å². The molecule has 3 aromatic heterocycles. The lowest BCUT2D eigenvalue weighted by atomic mass is 10.2. The smallest absolute Gasteiger partial charge is 0.243 e. The average Bonchev–Trinajstić information content (AvgIpc) is 3.38. The van der Waals surface area contributed by atoms with Crippen LogP contribution in [0.5, 0.6) is 0 Å². The molecule has 0 radical (unpaired) electrons. The van der Waals surface area contributed by atoms with Crippen LogP contribution >= 0.6 is 11.3 Å². The van der Waals surface area contributed by atoms with Crippen LogP contribution in [0.4, 0.5) is 0 Å². The number of benzene rings is 1. The quantitative estimate of drug-likeness (QED) is 0.579. The Balaban J connectivity index is 1.49. The molecule has 1 aromatic carbocycles. The normalized spacial score (nSPS) is 12.4. The highest BCUT2D eigenvalue weighted by atomic mass is 32.1. The highest BCUT2D eigenvalue weighted by Gasteiger charge is 2.18. The molecule has 0 aliphatic carbocycles. The fourth-order valence-electron chi connectivity index (χ4n) is 2.82. The lowest BCUT2D eigenvalue weighted by Gasteiger charge is -2.14. The first-order valence-electron chi connectivity index (χ1n) is 7.99. The SMILES string of the molecule is C[C@@H](C(=O)NCc1cn[nH]c1-c1cccs1)n1cnc2ccccc21. The van der Waals surface area contributed by atoms with Gasteiger partial charge >= 0.3 is 0 Å². The maximum absolute atomic E-state index is 12.6. The number of carbonyl (C=O) groups is 1. The lowest BCUT2D eigenvalue weighted by molar-refractivity contribution is -0.123. The Morgan fingerprint density at radius 1 is 1.32 bits per heavy atom. The van der Waals surface area contributed by atoms with Gasteiger partial charge in [-0.25, -0.2) is 4.98 Å². The van der Waals surface area contributed by atoms with E-state index in [2.05, 4.69) is 20.5 Å². The fraction of sp³-hybridized carbons (Fsp3) is 0.167. The van der Waals surface area contributed by atoms with Crippen LogP contribution in [-0.2, 0) is 11.3 Å². The molecule has 1 atom stereocenters. The number of nitrogens with one attached hydrogen (secondary N) is 2. The molecule has 126 valence electrons. The summed E-state index contributed by atoms with van der Waals surface area (Å²) < 4.78 is 1.89. The van der Waals surface area contributed by atoms with Crippen LogP contribution in [-0.4, -0.2) is 25.7 Å². The van der Waals surface area contributed by atoms with Crippen LogP contribution in [0.1, 0.15) is 18.5 Å². The molecule has 2 N–H and O–H groups in total. The fourth-order valence-corrected chi connectivity index (χ4v) is 3.58. The number of rotatable bonds is 5. The number of thiophene rings is 1. The minimum atomic E-state index is -0.343. The second-order valence-corrected chi connectivity index (χ2v) is 6.73.